The molecule has 0 radical (unpaired) electrons. The molecule has 0 bridgehead atoms. The quantitative estimate of drug-likeness (QED) is 0.456. The van der Waals surface area contributed by atoms with E-state index in [1.54, 1.807) is 30.3 Å². The van der Waals surface area contributed by atoms with E-state index in [1.807, 2.05) is 0 Å². The summed E-state index contributed by atoms with van der Waals surface area (Å²) in [5.41, 5.74) is 0. The van der Waals surface area contributed by atoms with Crippen molar-refractivity contribution in [3.05, 3.63) is 30.3 Å². The summed E-state index contributed by atoms with van der Waals surface area (Å²) in [7, 11) is -4.63. The van der Waals surface area contributed by atoms with Crippen LogP contribution >= 0.6 is 7.28 Å². The van der Waals surface area contributed by atoms with Crippen molar-refractivity contribution in [1.29, 1.82) is 0 Å². The number of rotatable bonds is 10. The third kappa shape index (κ3) is 6.32. The molecule has 0 heterocycles. The zero-order valence-corrected chi connectivity index (χ0v) is 13.4. The average Bonchev–Trinajstić information content (AvgIpc) is 2.42. The minimum absolute atomic E-state index is 0.0740. The number of hydrogen-bond acceptors (Lipinski definition) is 3. The van der Waals surface area contributed by atoms with Crippen LogP contribution in [0.25, 0.3) is 0 Å². The van der Waals surface area contributed by atoms with Gasteiger partial charge in [-0.05, 0) is 0 Å². The van der Waals surface area contributed by atoms with Crippen molar-refractivity contribution in [2.45, 2.75) is 58.3 Å². The van der Waals surface area contributed by atoms with Gasteiger partial charge in [-0.15, -0.1) is 0 Å². The second kappa shape index (κ2) is 8.09. The molecule has 0 atom stereocenters. The van der Waals surface area contributed by atoms with Crippen LogP contribution in [0, 0.1) is 0 Å². The molecule has 0 unspecified atom stereocenters. The molecule has 20 heavy (non-hydrogen) atoms. The van der Waals surface area contributed by atoms with E-state index < -0.39 is 7.28 Å². The van der Waals surface area contributed by atoms with E-state index >= 15 is 0 Å². The molecule has 3 N–H and O–H groups in total. The van der Waals surface area contributed by atoms with Gasteiger partial charge in [0.15, 0.2) is 0 Å². The van der Waals surface area contributed by atoms with Crippen LogP contribution in [0.1, 0.15) is 58.3 Å². The molecule has 0 aliphatic carbocycles. The van der Waals surface area contributed by atoms with Gasteiger partial charge < -0.3 is 0 Å². The third-order valence-corrected chi connectivity index (χ3v) is 6.20. The Morgan fingerprint density at radius 3 is 1.80 bits per heavy atom. The Bertz CT molecular complexity index is 370. The van der Waals surface area contributed by atoms with Crippen LogP contribution < -0.4 is 5.30 Å². The molecule has 4 heteroatoms. The summed E-state index contributed by atoms with van der Waals surface area (Å²) < 4.78 is 0. The average molecular weight is 300 g/mol. The molecule has 0 fully saturated rings. The molecule has 0 aliphatic rings. The van der Waals surface area contributed by atoms with E-state index in [0.717, 1.165) is 12.8 Å². The van der Waals surface area contributed by atoms with E-state index in [1.165, 1.54) is 32.1 Å². The molecule has 1 aromatic carbocycles. The third-order valence-electron chi connectivity index (χ3n) is 3.71. The molecule has 0 saturated heterocycles. The van der Waals surface area contributed by atoms with Crippen LogP contribution in [0.2, 0.25) is 0 Å². The Kier molecular flexibility index (Phi) is 7.11. The van der Waals surface area contributed by atoms with Crippen LogP contribution in [-0.4, -0.2) is 20.8 Å². The first kappa shape index (κ1) is 17.6. The summed E-state index contributed by atoms with van der Waals surface area (Å²) in [6.45, 7) is 2.21. The SMILES string of the molecule is CCCCCCCCCCP(O)(O)(O)c1ccccc1. The maximum atomic E-state index is 10.2. The zero-order chi connectivity index (χ0) is 14.9. The summed E-state index contributed by atoms with van der Waals surface area (Å²) in [5, 5.41) is 0.265. The topological polar surface area (TPSA) is 60.7 Å². The molecular formula is C16H29O3P. The fraction of sp³-hybridized carbons (Fsp3) is 0.625. The fourth-order valence-electron chi connectivity index (χ4n) is 2.40. The Morgan fingerprint density at radius 1 is 0.750 bits per heavy atom. The first-order valence-corrected chi connectivity index (χ1v) is 10.0. The van der Waals surface area contributed by atoms with Crippen molar-refractivity contribution in [3.63, 3.8) is 0 Å². The number of unbranched alkanes of at least 4 members (excludes halogenated alkanes) is 7. The van der Waals surface area contributed by atoms with Gasteiger partial charge in [0.1, 0.15) is 0 Å². The molecule has 0 aliphatic heterocycles. The van der Waals surface area contributed by atoms with Crippen LogP contribution in [0.3, 0.4) is 0 Å². The summed E-state index contributed by atoms with van der Waals surface area (Å²) >= 11 is 0. The van der Waals surface area contributed by atoms with Gasteiger partial charge in [0.2, 0.25) is 0 Å². The summed E-state index contributed by atoms with van der Waals surface area (Å²) in [4.78, 5) is 30.5. The van der Waals surface area contributed by atoms with Gasteiger partial charge in [0.25, 0.3) is 0 Å². The monoisotopic (exact) mass is 300 g/mol. The predicted molar refractivity (Wildman–Crippen MR) is 87.1 cm³/mol. The van der Waals surface area contributed by atoms with E-state index in [0.29, 0.717) is 6.42 Å². The van der Waals surface area contributed by atoms with Gasteiger partial charge in [-0.2, -0.15) is 0 Å². The molecule has 1 aromatic rings. The molecule has 0 aromatic heterocycles. The van der Waals surface area contributed by atoms with Gasteiger partial charge in [0.05, 0.1) is 0 Å². The maximum absolute atomic E-state index is 10.2. The van der Waals surface area contributed by atoms with Gasteiger partial charge in [-0.3, -0.25) is 0 Å². The second-order valence-corrected chi connectivity index (χ2v) is 8.95. The molecule has 116 valence electrons. The van der Waals surface area contributed by atoms with Crippen molar-refractivity contribution in [2.24, 2.45) is 0 Å². The van der Waals surface area contributed by atoms with Gasteiger partial charge >= 0.3 is 122 Å². The minimum atomic E-state index is -4.63. The van der Waals surface area contributed by atoms with Crippen LogP contribution in [0.15, 0.2) is 30.3 Å². The van der Waals surface area contributed by atoms with Crippen molar-refractivity contribution in [3.8, 4) is 0 Å². The Labute approximate surface area is 122 Å². The summed E-state index contributed by atoms with van der Waals surface area (Å²) in [6, 6.07) is 8.40. The summed E-state index contributed by atoms with van der Waals surface area (Å²) in [6.07, 6.45) is 9.08. The van der Waals surface area contributed by atoms with E-state index in [-0.39, 0.29) is 11.5 Å². The van der Waals surface area contributed by atoms with E-state index in [9.17, 15) is 14.7 Å². The number of benzene rings is 1. The predicted octanol–water partition coefficient (Wildman–Crippen LogP) is 3.73. The fourth-order valence-corrected chi connectivity index (χ4v) is 4.25. The van der Waals surface area contributed by atoms with E-state index in [4.69, 9.17) is 0 Å². The second-order valence-electron chi connectivity index (χ2n) is 5.68. The molecular weight excluding hydrogens is 271 g/mol. The van der Waals surface area contributed by atoms with Crippen molar-refractivity contribution in [1.82, 2.24) is 0 Å². The molecule has 1 rings (SSSR count). The van der Waals surface area contributed by atoms with E-state index in [2.05, 4.69) is 6.92 Å². The Balaban J connectivity index is 2.26. The Hall–Kier alpha value is -0.470. The summed E-state index contributed by atoms with van der Waals surface area (Å²) in [5.74, 6) is 0. The Morgan fingerprint density at radius 2 is 1.25 bits per heavy atom. The molecule has 3 nitrogen and oxygen atoms in total. The normalized spacial score (nSPS) is 13.9. The molecule has 0 amide bonds. The van der Waals surface area contributed by atoms with Crippen LogP contribution in [0.5, 0.6) is 0 Å². The first-order chi connectivity index (χ1) is 9.44. The first-order valence-electron chi connectivity index (χ1n) is 7.76. The van der Waals surface area contributed by atoms with Crippen molar-refractivity contribution < 1.29 is 14.7 Å². The molecule has 0 spiro atoms. The zero-order valence-electron chi connectivity index (χ0n) is 12.5. The van der Waals surface area contributed by atoms with Crippen LogP contribution in [-0.2, 0) is 0 Å². The van der Waals surface area contributed by atoms with Gasteiger partial charge in [0, 0.05) is 0 Å². The van der Waals surface area contributed by atoms with Gasteiger partial charge in [-0.25, -0.2) is 0 Å². The number of hydrogen-bond donors (Lipinski definition) is 3. The van der Waals surface area contributed by atoms with Crippen molar-refractivity contribution >= 4 is 12.6 Å². The standard InChI is InChI=1S/C16H29O3P/c1-2-3-4-5-6-7-8-12-15-20(17,18,19)16-13-10-9-11-14-16/h9-11,13-14,17-19H,2-8,12,15H2,1H3. The van der Waals surface area contributed by atoms with Crippen molar-refractivity contribution in [2.75, 3.05) is 6.16 Å². The van der Waals surface area contributed by atoms with Crippen LogP contribution in [0.4, 0.5) is 0 Å². The van der Waals surface area contributed by atoms with Gasteiger partial charge in [-0.1, -0.05) is 0 Å². The molecule has 0 saturated carbocycles.